The number of hydrogen-bond acceptors (Lipinski definition) is 5. The predicted octanol–water partition coefficient (Wildman–Crippen LogP) is 4.08. The van der Waals surface area contributed by atoms with E-state index in [1.165, 1.54) is 16.9 Å². The number of anilines is 1. The minimum atomic E-state index is -0.0549. The lowest BCUT2D eigenvalue weighted by Crippen LogP contribution is -2.12. The van der Waals surface area contributed by atoms with Crippen LogP contribution < -0.4 is 10.1 Å². The van der Waals surface area contributed by atoms with E-state index in [-0.39, 0.29) is 5.91 Å². The topological polar surface area (TPSA) is 64.1 Å². The maximum absolute atomic E-state index is 11.9. The van der Waals surface area contributed by atoms with Crippen molar-refractivity contribution in [1.29, 1.82) is 0 Å². The number of amides is 1. The minimum Gasteiger partial charge on any atom is -0.493 e. The molecule has 1 heterocycles. The number of aryl methyl sites for hydroxylation is 2. The smallest absolute Gasteiger partial charge is 0.226 e. The Kier molecular flexibility index (Phi) is 6.10. The van der Waals surface area contributed by atoms with Crippen molar-refractivity contribution >= 4 is 22.4 Å². The van der Waals surface area contributed by atoms with Crippen molar-refractivity contribution in [2.45, 2.75) is 46.5 Å². The Bertz CT molecular complexity index is 668. The Morgan fingerprint density at radius 1 is 1.30 bits per heavy atom. The molecular weight excluding hydrogens is 310 g/mol. The fourth-order valence-corrected chi connectivity index (χ4v) is 2.84. The number of aromatic nitrogens is 2. The van der Waals surface area contributed by atoms with Crippen LogP contribution in [0.3, 0.4) is 0 Å². The van der Waals surface area contributed by atoms with Gasteiger partial charge in [0, 0.05) is 12.3 Å². The lowest BCUT2D eigenvalue weighted by Gasteiger charge is -2.09. The summed E-state index contributed by atoms with van der Waals surface area (Å²) >= 11 is 1.42. The van der Waals surface area contributed by atoms with Crippen molar-refractivity contribution in [3.05, 3.63) is 34.3 Å². The standard InChI is InChI=1S/C17H23N3O2S/c1-11(2)16-19-20-17(23-16)18-15(21)6-5-9-22-14-8-7-12(3)10-13(14)4/h7-8,10-11H,5-6,9H2,1-4H3,(H,18,20,21). The van der Waals surface area contributed by atoms with Crippen LogP contribution in [-0.2, 0) is 4.79 Å². The number of ether oxygens (including phenoxy) is 1. The molecule has 2 rings (SSSR count). The van der Waals surface area contributed by atoms with E-state index in [1.54, 1.807) is 0 Å². The lowest BCUT2D eigenvalue weighted by molar-refractivity contribution is -0.116. The maximum atomic E-state index is 11.9. The zero-order chi connectivity index (χ0) is 16.8. The SMILES string of the molecule is Cc1ccc(OCCCC(=O)Nc2nnc(C(C)C)s2)c(C)c1. The van der Waals surface area contributed by atoms with E-state index < -0.39 is 0 Å². The van der Waals surface area contributed by atoms with Gasteiger partial charge in [0.1, 0.15) is 10.8 Å². The monoisotopic (exact) mass is 333 g/mol. The molecule has 6 heteroatoms. The molecule has 5 nitrogen and oxygen atoms in total. The van der Waals surface area contributed by atoms with Crippen LogP contribution in [0.25, 0.3) is 0 Å². The first-order chi connectivity index (χ1) is 11.0. The lowest BCUT2D eigenvalue weighted by atomic mass is 10.1. The summed E-state index contributed by atoms with van der Waals surface area (Å²) in [5.41, 5.74) is 2.33. The molecule has 0 unspecified atom stereocenters. The molecule has 0 saturated heterocycles. The van der Waals surface area contributed by atoms with E-state index in [0.29, 0.717) is 30.5 Å². The Labute approximate surface area is 141 Å². The van der Waals surface area contributed by atoms with Crippen molar-refractivity contribution in [2.24, 2.45) is 0 Å². The zero-order valence-electron chi connectivity index (χ0n) is 14.0. The van der Waals surface area contributed by atoms with Crippen molar-refractivity contribution < 1.29 is 9.53 Å². The highest BCUT2D eigenvalue weighted by molar-refractivity contribution is 7.15. The molecular formula is C17H23N3O2S. The number of rotatable bonds is 7. The van der Waals surface area contributed by atoms with Gasteiger partial charge in [0.2, 0.25) is 11.0 Å². The van der Waals surface area contributed by atoms with Crippen LogP contribution in [-0.4, -0.2) is 22.7 Å². The Morgan fingerprint density at radius 3 is 2.74 bits per heavy atom. The van der Waals surface area contributed by atoms with Crippen LogP contribution >= 0.6 is 11.3 Å². The minimum absolute atomic E-state index is 0.0549. The number of hydrogen-bond donors (Lipinski definition) is 1. The summed E-state index contributed by atoms with van der Waals surface area (Å²) in [7, 11) is 0. The van der Waals surface area contributed by atoms with Gasteiger partial charge in [-0.25, -0.2) is 0 Å². The third kappa shape index (κ3) is 5.32. The van der Waals surface area contributed by atoms with Gasteiger partial charge in [0.15, 0.2) is 0 Å². The van der Waals surface area contributed by atoms with Crippen LogP contribution in [0.5, 0.6) is 5.75 Å². The Morgan fingerprint density at radius 2 is 2.09 bits per heavy atom. The first-order valence-electron chi connectivity index (χ1n) is 7.79. The number of carbonyl (C=O) groups is 1. The van der Waals surface area contributed by atoms with Crippen molar-refractivity contribution in [3.8, 4) is 5.75 Å². The van der Waals surface area contributed by atoms with E-state index in [9.17, 15) is 4.79 Å². The highest BCUT2D eigenvalue weighted by atomic mass is 32.1. The number of nitrogens with one attached hydrogen (secondary N) is 1. The first kappa shape index (κ1) is 17.4. The van der Waals surface area contributed by atoms with Crippen LogP contribution in [0.2, 0.25) is 0 Å². The van der Waals surface area contributed by atoms with Gasteiger partial charge in [-0.2, -0.15) is 0 Å². The summed E-state index contributed by atoms with van der Waals surface area (Å²) in [6.45, 7) is 8.70. The largest absolute Gasteiger partial charge is 0.493 e. The normalized spacial score (nSPS) is 10.8. The van der Waals surface area contributed by atoms with Crippen molar-refractivity contribution in [3.63, 3.8) is 0 Å². The van der Waals surface area contributed by atoms with Gasteiger partial charge < -0.3 is 10.1 Å². The first-order valence-corrected chi connectivity index (χ1v) is 8.60. The van der Waals surface area contributed by atoms with E-state index in [4.69, 9.17) is 4.74 Å². The average Bonchev–Trinajstić information content (AvgIpc) is 2.94. The molecule has 0 radical (unpaired) electrons. The Hall–Kier alpha value is -1.95. The summed E-state index contributed by atoms with van der Waals surface area (Å²) in [6, 6.07) is 6.08. The third-order valence-corrected chi connectivity index (χ3v) is 4.46. The molecule has 23 heavy (non-hydrogen) atoms. The number of benzene rings is 1. The molecule has 124 valence electrons. The second-order valence-electron chi connectivity index (χ2n) is 5.87. The van der Waals surface area contributed by atoms with Gasteiger partial charge in [-0.1, -0.05) is 42.9 Å². The molecule has 2 aromatic rings. The third-order valence-electron chi connectivity index (χ3n) is 3.32. The molecule has 0 spiro atoms. The molecule has 0 saturated carbocycles. The summed E-state index contributed by atoms with van der Waals surface area (Å²) in [5, 5.41) is 12.3. The second-order valence-corrected chi connectivity index (χ2v) is 6.88. The van der Waals surface area contributed by atoms with Crippen LogP contribution in [0.4, 0.5) is 5.13 Å². The molecule has 1 aromatic carbocycles. The van der Waals surface area contributed by atoms with Gasteiger partial charge in [0.25, 0.3) is 0 Å². The van der Waals surface area contributed by atoms with Gasteiger partial charge in [0.05, 0.1) is 6.61 Å². The predicted molar refractivity (Wildman–Crippen MR) is 93.3 cm³/mol. The molecule has 1 N–H and O–H groups in total. The van der Waals surface area contributed by atoms with E-state index in [1.807, 2.05) is 19.1 Å². The van der Waals surface area contributed by atoms with Crippen molar-refractivity contribution in [2.75, 3.05) is 11.9 Å². The molecule has 0 aliphatic heterocycles. The van der Waals surface area contributed by atoms with Gasteiger partial charge >= 0.3 is 0 Å². The molecule has 0 aliphatic carbocycles. The molecule has 0 fully saturated rings. The van der Waals surface area contributed by atoms with Gasteiger partial charge in [-0.3, -0.25) is 4.79 Å². The highest BCUT2D eigenvalue weighted by Crippen LogP contribution is 2.22. The number of carbonyl (C=O) groups excluding carboxylic acids is 1. The second kappa shape index (κ2) is 8.06. The molecule has 1 amide bonds. The average molecular weight is 333 g/mol. The van der Waals surface area contributed by atoms with E-state index >= 15 is 0 Å². The summed E-state index contributed by atoms with van der Waals surface area (Å²) in [5.74, 6) is 1.15. The molecule has 0 aliphatic rings. The summed E-state index contributed by atoms with van der Waals surface area (Å²) in [4.78, 5) is 11.9. The van der Waals surface area contributed by atoms with E-state index in [0.717, 1.165) is 16.3 Å². The van der Waals surface area contributed by atoms with Gasteiger partial charge in [-0.05, 0) is 31.9 Å². The summed E-state index contributed by atoms with van der Waals surface area (Å²) < 4.78 is 5.72. The quantitative estimate of drug-likeness (QED) is 0.776. The number of nitrogens with zero attached hydrogens (tertiary/aromatic N) is 2. The highest BCUT2D eigenvalue weighted by Gasteiger charge is 2.10. The molecule has 0 bridgehead atoms. The molecule has 1 aromatic heterocycles. The molecule has 0 atom stereocenters. The fourth-order valence-electron chi connectivity index (χ4n) is 2.08. The van der Waals surface area contributed by atoms with Crippen molar-refractivity contribution in [1.82, 2.24) is 10.2 Å². The van der Waals surface area contributed by atoms with Gasteiger partial charge in [-0.15, -0.1) is 10.2 Å². The Balaban J connectivity index is 1.72. The van der Waals surface area contributed by atoms with Crippen LogP contribution in [0.1, 0.15) is 48.7 Å². The fraction of sp³-hybridized carbons (Fsp3) is 0.471. The van der Waals surface area contributed by atoms with E-state index in [2.05, 4.69) is 42.4 Å². The maximum Gasteiger partial charge on any atom is 0.226 e. The zero-order valence-corrected chi connectivity index (χ0v) is 14.9. The van der Waals surface area contributed by atoms with Crippen LogP contribution in [0.15, 0.2) is 18.2 Å². The van der Waals surface area contributed by atoms with Crippen LogP contribution in [0, 0.1) is 13.8 Å². The summed E-state index contributed by atoms with van der Waals surface area (Å²) in [6.07, 6.45) is 1.07.